The van der Waals surface area contributed by atoms with Gasteiger partial charge in [-0.15, -0.1) is 0 Å². The molecule has 0 saturated heterocycles. The highest BCUT2D eigenvalue weighted by atomic mass is 15.1. The third-order valence-electron chi connectivity index (χ3n) is 9.85. The number of hydrogen-bond donors (Lipinski definition) is 0. The average Bonchev–Trinajstić information content (AvgIpc) is 3.40. The first-order valence-electron chi connectivity index (χ1n) is 20.4. The number of unbranched alkanes of at least 4 members (excludes halogenated alkanes) is 29. The lowest BCUT2D eigenvalue weighted by atomic mass is 10.0. The van der Waals surface area contributed by atoms with Crippen LogP contribution in [-0.4, -0.2) is 4.57 Å². The standard InChI is InChI=1S/C41H81N2/c1-4-7-10-13-16-18-20-21-22-23-24-26-28-30-33-36-41-42(37-34-31-15-12-9-6-3)39-40-43(41)38-35-32-29-27-25-19-17-14-11-8-5-2/h39-40H,4-38H2,1-3H3/q+1. The van der Waals surface area contributed by atoms with Gasteiger partial charge in [-0.3, -0.25) is 0 Å². The van der Waals surface area contributed by atoms with Crippen LogP contribution in [0.1, 0.15) is 232 Å². The van der Waals surface area contributed by atoms with E-state index in [-0.39, 0.29) is 0 Å². The summed E-state index contributed by atoms with van der Waals surface area (Å²) in [5.41, 5.74) is 0. The molecule has 1 aromatic heterocycles. The Labute approximate surface area is 272 Å². The lowest BCUT2D eigenvalue weighted by Crippen LogP contribution is -2.37. The molecule has 0 bridgehead atoms. The molecule has 0 fully saturated rings. The lowest BCUT2D eigenvalue weighted by molar-refractivity contribution is -0.704. The molecule has 2 nitrogen and oxygen atoms in total. The number of rotatable bonds is 35. The van der Waals surface area contributed by atoms with E-state index in [9.17, 15) is 0 Å². The van der Waals surface area contributed by atoms with E-state index in [1.165, 1.54) is 225 Å². The topological polar surface area (TPSA) is 8.81 Å². The molecule has 2 heteroatoms. The summed E-state index contributed by atoms with van der Waals surface area (Å²) in [5.74, 6) is 1.62. The van der Waals surface area contributed by atoms with E-state index in [4.69, 9.17) is 0 Å². The minimum Gasteiger partial charge on any atom is -0.234 e. The molecule has 0 aliphatic heterocycles. The highest BCUT2D eigenvalue weighted by Gasteiger charge is 2.16. The molecule has 0 N–H and O–H groups in total. The molecule has 0 saturated carbocycles. The fraction of sp³-hybridized carbons (Fsp3) is 0.927. The summed E-state index contributed by atoms with van der Waals surface area (Å²) in [7, 11) is 0. The summed E-state index contributed by atoms with van der Waals surface area (Å²) >= 11 is 0. The summed E-state index contributed by atoms with van der Waals surface area (Å²) in [5, 5.41) is 0. The van der Waals surface area contributed by atoms with E-state index in [0.29, 0.717) is 0 Å². The molecular formula is C41H81N2+. The molecule has 0 radical (unpaired) electrons. The van der Waals surface area contributed by atoms with Crippen molar-refractivity contribution in [3.05, 3.63) is 18.2 Å². The second-order valence-electron chi connectivity index (χ2n) is 14.1. The fourth-order valence-corrected chi connectivity index (χ4v) is 6.86. The zero-order chi connectivity index (χ0) is 30.9. The Balaban J connectivity index is 2.23. The molecule has 0 aliphatic carbocycles. The summed E-state index contributed by atoms with van der Waals surface area (Å²) in [6.45, 7) is 9.40. The Morgan fingerprint density at radius 3 is 1.12 bits per heavy atom. The van der Waals surface area contributed by atoms with Gasteiger partial charge in [0.1, 0.15) is 12.4 Å². The zero-order valence-electron chi connectivity index (χ0n) is 30.3. The van der Waals surface area contributed by atoms with Crippen molar-refractivity contribution in [2.75, 3.05) is 0 Å². The Kier molecular flexibility index (Phi) is 30.5. The minimum atomic E-state index is 1.23. The van der Waals surface area contributed by atoms with E-state index >= 15 is 0 Å². The van der Waals surface area contributed by atoms with Gasteiger partial charge in [-0.05, 0) is 32.1 Å². The van der Waals surface area contributed by atoms with E-state index in [1.54, 1.807) is 5.82 Å². The Morgan fingerprint density at radius 2 is 0.721 bits per heavy atom. The highest BCUT2D eigenvalue weighted by molar-refractivity contribution is 4.84. The molecule has 0 amide bonds. The first kappa shape index (κ1) is 40.2. The van der Waals surface area contributed by atoms with Crippen molar-refractivity contribution in [3.63, 3.8) is 0 Å². The van der Waals surface area contributed by atoms with Gasteiger partial charge in [0.2, 0.25) is 0 Å². The van der Waals surface area contributed by atoms with Crippen LogP contribution in [0, 0.1) is 0 Å². The average molecular weight is 602 g/mol. The smallest absolute Gasteiger partial charge is 0.234 e. The van der Waals surface area contributed by atoms with Crippen LogP contribution in [0.2, 0.25) is 0 Å². The van der Waals surface area contributed by atoms with Crippen molar-refractivity contribution in [1.29, 1.82) is 0 Å². The lowest BCUT2D eigenvalue weighted by Gasteiger charge is -2.07. The summed E-state index contributed by atoms with van der Waals surface area (Å²) in [4.78, 5) is 0. The van der Waals surface area contributed by atoms with Crippen molar-refractivity contribution in [3.8, 4) is 0 Å². The van der Waals surface area contributed by atoms with Gasteiger partial charge in [0.05, 0.1) is 13.1 Å². The van der Waals surface area contributed by atoms with Gasteiger partial charge < -0.3 is 0 Å². The third kappa shape index (κ3) is 25.1. The van der Waals surface area contributed by atoms with E-state index in [2.05, 4.69) is 42.3 Å². The van der Waals surface area contributed by atoms with Gasteiger partial charge in [0, 0.05) is 6.42 Å². The molecule has 254 valence electrons. The third-order valence-corrected chi connectivity index (χ3v) is 9.85. The van der Waals surface area contributed by atoms with Gasteiger partial charge in [-0.25, -0.2) is 9.13 Å². The Morgan fingerprint density at radius 1 is 0.395 bits per heavy atom. The molecule has 0 atom stereocenters. The van der Waals surface area contributed by atoms with Crippen LogP contribution in [0.3, 0.4) is 0 Å². The van der Waals surface area contributed by atoms with Crippen molar-refractivity contribution < 1.29 is 4.57 Å². The van der Waals surface area contributed by atoms with E-state index < -0.39 is 0 Å². The van der Waals surface area contributed by atoms with Crippen LogP contribution in [0.15, 0.2) is 12.4 Å². The molecule has 0 aliphatic rings. The van der Waals surface area contributed by atoms with E-state index in [1.807, 2.05) is 0 Å². The minimum absolute atomic E-state index is 1.23. The van der Waals surface area contributed by atoms with Crippen molar-refractivity contribution in [2.45, 2.75) is 246 Å². The normalized spacial score (nSPS) is 11.6. The predicted molar refractivity (Wildman–Crippen MR) is 193 cm³/mol. The quantitative estimate of drug-likeness (QED) is 0.0540. The first-order chi connectivity index (χ1) is 21.3. The van der Waals surface area contributed by atoms with Crippen LogP contribution in [0.5, 0.6) is 0 Å². The first-order valence-corrected chi connectivity index (χ1v) is 20.4. The molecule has 1 rings (SSSR count). The second kappa shape index (κ2) is 32.6. The monoisotopic (exact) mass is 602 g/mol. The zero-order valence-corrected chi connectivity index (χ0v) is 30.3. The van der Waals surface area contributed by atoms with Gasteiger partial charge in [-0.2, -0.15) is 0 Å². The number of imidazole rings is 1. The maximum absolute atomic E-state index is 2.63. The van der Waals surface area contributed by atoms with Gasteiger partial charge in [0.25, 0.3) is 5.82 Å². The fourth-order valence-electron chi connectivity index (χ4n) is 6.86. The second-order valence-corrected chi connectivity index (χ2v) is 14.1. The van der Waals surface area contributed by atoms with Crippen molar-refractivity contribution >= 4 is 0 Å². The number of aryl methyl sites for hydroxylation is 2. The van der Waals surface area contributed by atoms with Gasteiger partial charge in [0.15, 0.2) is 0 Å². The molecule has 0 unspecified atom stereocenters. The maximum atomic E-state index is 2.63. The SMILES string of the molecule is CCCCCCCCCCCCCCCCCc1n(CCCCCCCC)cc[n+]1CCCCCCCCCCCCC. The molecule has 1 aromatic rings. The largest absolute Gasteiger partial charge is 0.256 e. The summed E-state index contributed by atoms with van der Waals surface area (Å²) in [6.07, 6.45) is 51.9. The van der Waals surface area contributed by atoms with Crippen LogP contribution in [-0.2, 0) is 19.5 Å². The van der Waals surface area contributed by atoms with Gasteiger partial charge >= 0.3 is 0 Å². The van der Waals surface area contributed by atoms with Crippen LogP contribution < -0.4 is 4.57 Å². The Hall–Kier alpha value is -0.790. The molecule has 43 heavy (non-hydrogen) atoms. The van der Waals surface area contributed by atoms with Crippen LogP contribution in [0.25, 0.3) is 0 Å². The van der Waals surface area contributed by atoms with Gasteiger partial charge in [-0.1, -0.05) is 194 Å². The number of aromatic nitrogens is 2. The maximum Gasteiger partial charge on any atom is 0.256 e. The molecule has 0 aromatic carbocycles. The summed E-state index contributed by atoms with van der Waals surface area (Å²) in [6, 6.07) is 0. The van der Waals surface area contributed by atoms with Crippen LogP contribution in [0.4, 0.5) is 0 Å². The highest BCUT2D eigenvalue weighted by Crippen LogP contribution is 2.15. The van der Waals surface area contributed by atoms with Crippen LogP contribution >= 0.6 is 0 Å². The van der Waals surface area contributed by atoms with Crippen molar-refractivity contribution in [1.82, 2.24) is 4.57 Å². The summed E-state index contributed by atoms with van der Waals surface area (Å²) < 4.78 is 5.26. The Bertz CT molecular complexity index is 663. The molecular weight excluding hydrogens is 520 g/mol. The van der Waals surface area contributed by atoms with E-state index in [0.717, 1.165) is 0 Å². The molecule has 0 spiro atoms. The van der Waals surface area contributed by atoms with Crippen molar-refractivity contribution in [2.24, 2.45) is 0 Å². The number of nitrogens with zero attached hydrogens (tertiary/aromatic N) is 2. The molecule has 1 heterocycles. The number of hydrogen-bond acceptors (Lipinski definition) is 0. The predicted octanol–water partition coefficient (Wildman–Crippen LogP) is 13.9.